The summed E-state index contributed by atoms with van der Waals surface area (Å²) < 4.78 is 0. The normalized spacial score (nSPS) is 26.7. The summed E-state index contributed by atoms with van der Waals surface area (Å²) in [4.78, 5) is 14.2. The summed E-state index contributed by atoms with van der Waals surface area (Å²) in [5.74, 6) is 0. The Hall–Kier alpha value is -1.59. The topological polar surface area (TPSA) is 64.6 Å². The van der Waals surface area contributed by atoms with Crippen LogP contribution in [0, 0.1) is 0 Å². The molecule has 2 fully saturated rings. The number of nitrogens with zero attached hydrogens (tertiary/aromatic N) is 1. The largest absolute Gasteiger partial charge is 0.383 e. The van der Waals surface area contributed by atoms with E-state index in [9.17, 15) is 9.90 Å². The van der Waals surface area contributed by atoms with E-state index in [0.717, 1.165) is 37.9 Å². The fourth-order valence-corrected chi connectivity index (χ4v) is 3.43. The van der Waals surface area contributed by atoms with Crippen LogP contribution in [0.15, 0.2) is 30.3 Å². The van der Waals surface area contributed by atoms with Crippen molar-refractivity contribution in [1.29, 1.82) is 0 Å². The molecule has 0 radical (unpaired) electrons. The molecule has 5 heteroatoms. The first-order valence-corrected chi connectivity index (χ1v) is 8.21. The molecule has 0 spiro atoms. The van der Waals surface area contributed by atoms with Gasteiger partial charge in [-0.1, -0.05) is 30.3 Å². The minimum absolute atomic E-state index is 0.0408. The van der Waals surface area contributed by atoms with Crippen molar-refractivity contribution in [1.82, 2.24) is 15.5 Å². The maximum absolute atomic E-state index is 12.5. The summed E-state index contributed by atoms with van der Waals surface area (Å²) in [7, 11) is 0. The molecule has 0 bridgehead atoms. The van der Waals surface area contributed by atoms with E-state index in [-0.39, 0.29) is 12.1 Å². The van der Waals surface area contributed by atoms with Crippen molar-refractivity contribution in [2.24, 2.45) is 0 Å². The molecule has 3 N–H and O–H groups in total. The molecule has 2 heterocycles. The Kier molecular flexibility index (Phi) is 4.64. The number of likely N-dealkylation sites (tertiary alicyclic amines) is 1. The molecular formula is C17H25N3O2. The number of piperidine rings is 2. The van der Waals surface area contributed by atoms with Crippen LogP contribution in [0.3, 0.4) is 0 Å². The highest BCUT2D eigenvalue weighted by Gasteiger charge is 2.37. The Balaban J connectivity index is 1.63. The summed E-state index contributed by atoms with van der Waals surface area (Å²) in [5, 5.41) is 17.3. The Labute approximate surface area is 131 Å². The summed E-state index contributed by atoms with van der Waals surface area (Å²) in [6, 6.07) is 9.89. The second-order valence-corrected chi connectivity index (χ2v) is 6.40. The van der Waals surface area contributed by atoms with E-state index >= 15 is 0 Å². The number of urea groups is 1. The van der Waals surface area contributed by atoms with Crippen molar-refractivity contribution in [2.75, 3.05) is 26.2 Å². The van der Waals surface area contributed by atoms with E-state index in [4.69, 9.17) is 0 Å². The molecule has 0 saturated carbocycles. The predicted octanol–water partition coefficient (Wildman–Crippen LogP) is 1.43. The lowest BCUT2D eigenvalue weighted by Crippen LogP contribution is -2.54. The van der Waals surface area contributed by atoms with Gasteiger partial charge in [0.25, 0.3) is 0 Å². The smallest absolute Gasteiger partial charge is 0.317 e. The molecule has 1 unspecified atom stereocenters. The lowest BCUT2D eigenvalue weighted by molar-refractivity contribution is -0.0234. The van der Waals surface area contributed by atoms with Crippen molar-refractivity contribution in [3.8, 4) is 0 Å². The van der Waals surface area contributed by atoms with Gasteiger partial charge in [0.1, 0.15) is 5.60 Å². The molecule has 1 aromatic carbocycles. The third-order valence-electron chi connectivity index (χ3n) is 4.74. The first-order valence-electron chi connectivity index (χ1n) is 8.21. The van der Waals surface area contributed by atoms with Crippen molar-refractivity contribution >= 4 is 6.03 Å². The number of β-amino-alcohol motifs (C(OH)–C–C–N with tert-alkyl or cyclic N) is 1. The van der Waals surface area contributed by atoms with Gasteiger partial charge in [-0.05, 0) is 44.3 Å². The van der Waals surface area contributed by atoms with Crippen LogP contribution < -0.4 is 10.6 Å². The van der Waals surface area contributed by atoms with E-state index in [1.807, 2.05) is 30.3 Å². The summed E-state index contributed by atoms with van der Waals surface area (Å²) in [6.07, 6.45) is 3.48. The number of aliphatic hydroxyl groups is 1. The molecule has 2 aliphatic heterocycles. The van der Waals surface area contributed by atoms with Crippen LogP contribution in [0.4, 0.5) is 4.79 Å². The number of carbonyl (C=O) groups is 1. The van der Waals surface area contributed by atoms with Gasteiger partial charge >= 0.3 is 6.03 Å². The van der Waals surface area contributed by atoms with E-state index < -0.39 is 5.60 Å². The second kappa shape index (κ2) is 6.67. The van der Waals surface area contributed by atoms with E-state index in [0.29, 0.717) is 19.5 Å². The molecule has 2 aliphatic rings. The van der Waals surface area contributed by atoms with E-state index in [1.54, 1.807) is 4.90 Å². The standard InChI is InChI=1S/C17H25N3O2/c21-16(19-15-7-10-18-11-8-15)20-12-4-9-17(22,13-20)14-5-2-1-3-6-14/h1-3,5-6,15,18,22H,4,7-13H2,(H,19,21). The van der Waals surface area contributed by atoms with Gasteiger partial charge in [0, 0.05) is 12.6 Å². The van der Waals surface area contributed by atoms with Gasteiger partial charge in [0.15, 0.2) is 0 Å². The fourth-order valence-electron chi connectivity index (χ4n) is 3.43. The molecule has 2 amide bonds. The molecule has 120 valence electrons. The zero-order chi connectivity index (χ0) is 15.4. The Bertz CT molecular complexity index is 502. The Morgan fingerprint density at radius 2 is 2.00 bits per heavy atom. The third kappa shape index (κ3) is 3.42. The minimum Gasteiger partial charge on any atom is -0.383 e. The summed E-state index contributed by atoms with van der Waals surface area (Å²) in [5.41, 5.74) is -0.0281. The van der Waals surface area contributed by atoms with Gasteiger partial charge in [0.2, 0.25) is 0 Å². The van der Waals surface area contributed by atoms with Crippen LogP contribution in [-0.4, -0.2) is 48.3 Å². The van der Waals surface area contributed by atoms with Crippen molar-refractivity contribution < 1.29 is 9.90 Å². The molecule has 2 saturated heterocycles. The van der Waals surface area contributed by atoms with E-state index in [1.165, 1.54) is 0 Å². The van der Waals surface area contributed by atoms with Crippen LogP contribution in [0.2, 0.25) is 0 Å². The molecule has 0 aliphatic carbocycles. The van der Waals surface area contributed by atoms with Gasteiger partial charge in [0.05, 0.1) is 6.54 Å². The first kappa shape index (κ1) is 15.3. The molecular weight excluding hydrogens is 278 g/mol. The van der Waals surface area contributed by atoms with Gasteiger partial charge in [-0.3, -0.25) is 0 Å². The minimum atomic E-state index is -0.926. The zero-order valence-corrected chi connectivity index (χ0v) is 12.9. The number of hydrogen-bond donors (Lipinski definition) is 3. The second-order valence-electron chi connectivity index (χ2n) is 6.40. The van der Waals surface area contributed by atoms with Gasteiger partial charge in [-0.2, -0.15) is 0 Å². The molecule has 22 heavy (non-hydrogen) atoms. The van der Waals surface area contributed by atoms with Crippen LogP contribution in [-0.2, 0) is 5.60 Å². The lowest BCUT2D eigenvalue weighted by atomic mass is 9.86. The third-order valence-corrected chi connectivity index (χ3v) is 4.74. The SMILES string of the molecule is O=C(NC1CCNCC1)N1CCCC(O)(c2ccccc2)C1. The highest BCUT2D eigenvalue weighted by molar-refractivity contribution is 5.74. The molecule has 0 aromatic heterocycles. The summed E-state index contributed by atoms with van der Waals surface area (Å²) >= 11 is 0. The average molecular weight is 303 g/mol. The monoisotopic (exact) mass is 303 g/mol. The molecule has 1 atom stereocenters. The average Bonchev–Trinajstić information content (AvgIpc) is 2.57. The van der Waals surface area contributed by atoms with Crippen molar-refractivity contribution in [3.63, 3.8) is 0 Å². The highest BCUT2D eigenvalue weighted by Crippen LogP contribution is 2.31. The van der Waals surface area contributed by atoms with Crippen molar-refractivity contribution in [2.45, 2.75) is 37.3 Å². The Morgan fingerprint density at radius 1 is 1.27 bits per heavy atom. The quantitative estimate of drug-likeness (QED) is 0.774. The number of carbonyl (C=O) groups excluding carboxylic acids is 1. The maximum atomic E-state index is 12.5. The summed E-state index contributed by atoms with van der Waals surface area (Å²) in [6.45, 7) is 3.00. The highest BCUT2D eigenvalue weighted by atomic mass is 16.3. The maximum Gasteiger partial charge on any atom is 0.317 e. The lowest BCUT2D eigenvalue weighted by Gasteiger charge is -2.40. The molecule has 5 nitrogen and oxygen atoms in total. The first-order chi connectivity index (χ1) is 10.7. The Morgan fingerprint density at radius 3 is 2.73 bits per heavy atom. The fraction of sp³-hybridized carbons (Fsp3) is 0.588. The zero-order valence-electron chi connectivity index (χ0n) is 12.9. The van der Waals surface area contributed by atoms with Crippen LogP contribution in [0.25, 0.3) is 0 Å². The number of benzene rings is 1. The molecule has 1 aromatic rings. The van der Waals surface area contributed by atoms with Gasteiger partial charge in [-0.15, -0.1) is 0 Å². The van der Waals surface area contributed by atoms with Gasteiger partial charge in [-0.25, -0.2) is 4.79 Å². The van der Waals surface area contributed by atoms with Crippen molar-refractivity contribution in [3.05, 3.63) is 35.9 Å². The number of nitrogens with one attached hydrogen (secondary N) is 2. The van der Waals surface area contributed by atoms with Crippen LogP contribution in [0.1, 0.15) is 31.2 Å². The number of hydrogen-bond acceptors (Lipinski definition) is 3. The number of amides is 2. The number of rotatable bonds is 2. The van der Waals surface area contributed by atoms with Crippen LogP contribution >= 0.6 is 0 Å². The molecule has 3 rings (SSSR count). The predicted molar refractivity (Wildman–Crippen MR) is 85.6 cm³/mol. The van der Waals surface area contributed by atoms with Crippen LogP contribution in [0.5, 0.6) is 0 Å². The van der Waals surface area contributed by atoms with Gasteiger partial charge < -0.3 is 20.6 Å². The van der Waals surface area contributed by atoms with E-state index in [2.05, 4.69) is 10.6 Å².